The third-order valence-corrected chi connectivity index (χ3v) is 6.68. The first-order valence-corrected chi connectivity index (χ1v) is 12.1. The molecule has 1 saturated carbocycles. The molecule has 29 heavy (non-hydrogen) atoms. The summed E-state index contributed by atoms with van der Waals surface area (Å²) in [6.07, 6.45) is 5.57. The van der Waals surface area contributed by atoms with Crippen LogP contribution in [0.1, 0.15) is 45.7 Å². The molecule has 1 aliphatic heterocycles. The molecule has 1 aromatic heterocycles. The van der Waals surface area contributed by atoms with Gasteiger partial charge in [0.2, 0.25) is 0 Å². The second-order valence-electron chi connectivity index (χ2n) is 9.24. The summed E-state index contributed by atoms with van der Waals surface area (Å²) in [5.74, 6) is 1.90. The van der Waals surface area contributed by atoms with Gasteiger partial charge in [0.25, 0.3) is 0 Å². The number of sulfone groups is 1. The predicted octanol–water partition coefficient (Wildman–Crippen LogP) is 3.28. The van der Waals surface area contributed by atoms with Gasteiger partial charge in [0, 0.05) is 25.5 Å². The van der Waals surface area contributed by atoms with Crippen LogP contribution in [0.15, 0.2) is 23.2 Å². The third-order valence-electron chi connectivity index (χ3n) is 5.58. The molecular formula is C21H32N2O5S. The van der Waals surface area contributed by atoms with Crippen LogP contribution in [0.3, 0.4) is 0 Å². The summed E-state index contributed by atoms with van der Waals surface area (Å²) in [6.45, 7) is 8.30. The lowest BCUT2D eigenvalue weighted by atomic mass is 9.91. The van der Waals surface area contributed by atoms with Gasteiger partial charge in [-0.15, -0.1) is 0 Å². The first-order valence-electron chi connectivity index (χ1n) is 10.2. The Morgan fingerprint density at radius 2 is 1.93 bits per heavy atom. The highest BCUT2D eigenvalue weighted by Crippen LogP contribution is 2.48. The van der Waals surface area contributed by atoms with Crippen molar-refractivity contribution < 1.29 is 22.7 Å². The molecule has 2 aliphatic rings. The van der Waals surface area contributed by atoms with Crippen LogP contribution in [-0.4, -0.2) is 55.9 Å². The highest BCUT2D eigenvalue weighted by Gasteiger charge is 2.44. The molecule has 0 N–H and O–H groups in total. The Kier molecular flexibility index (Phi) is 6.53. The quantitative estimate of drug-likeness (QED) is 0.697. The maximum absolute atomic E-state index is 12.2. The van der Waals surface area contributed by atoms with Crippen LogP contribution in [0.5, 0.6) is 0 Å². The Balaban J connectivity index is 1.35. The van der Waals surface area contributed by atoms with Gasteiger partial charge in [-0.25, -0.2) is 13.2 Å². The Morgan fingerprint density at radius 3 is 2.48 bits per heavy atom. The van der Waals surface area contributed by atoms with Crippen molar-refractivity contribution in [3.63, 3.8) is 0 Å². The van der Waals surface area contributed by atoms with E-state index in [1.54, 1.807) is 12.1 Å². The van der Waals surface area contributed by atoms with Gasteiger partial charge in [-0.2, -0.15) is 0 Å². The number of hydrogen-bond donors (Lipinski definition) is 0. The van der Waals surface area contributed by atoms with Crippen LogP contribution in [0.2, 0.25) is 0 Å². The minimum Gasteiger partial charge on any atom is -0.444 e. The molecule has 0 unspecified atom stereocenters. The normalized spacial score (nSPS) is 23.1. The number of carbonyl (C=O) groups is 1. The summed E-state index contributed by atoms with van der Waals surface area (Å²) in [7, 11) is -3.22. The zero-order chi connectivity index (χ0) is 21.2. The fourth-order valence-electron chi connectivity index (χ4n) is 3.91. The van der Waals surface area contributed by atoms with E-state index in [1.807, 2.05) is 25.7 Å². The molecule has 2 atom stereocenters. The SMILES string of the molecule is CC(C)(C)OC(=O)N1CCC([C@H]2C[C@@H]2COCc2ccc(S(C)(=O)=O)cn2)CC1. The Hall–Kier alpha value is -1.67. The molecule has 1 amide bonds. The molecule has 0 radical (unpaired) electrons. The zero-order valence-corrected chi connectivity index (χ0v) is 18.6. The Bertz CT molecular complexity index is 808. The van der Waals surface area contributed by atoms with Gasteiger partial charge in [0.05, 0.1) is 23.8 Å². The molecule has 2 fully saturated rings. The average molecular weight is 425 g/mol. The monoisotopic (exact) mass is 424 g/mol. The summed E-state index contributed by atoms with van der Waals surface area (Å²) in [5, 5.41) is 0. The smallest absolute Gasteiger partial charge is 0.410 e. The van der Waals surface area contributed by atoms with Crippen molar-refractivity contribution in [1.82, 2.24) is 9.88 Å². The maximum atomic E-state index is 12.2. The summed E-state index contributed by atoms with van der Waals surface area (Å²) in [4.78, 5) is 18.4. The van der Waals surface area contributed by atoms with Crippen molar-refractivity contribution in [2.45, 2.75) is 57.1 Å². The van der Waals surface area contributed by atoms with Crippen molar-refractivity contribution in [3.8, 4) is 0 Å². The maximum Gasteiger partial charge on any atom is 0.410 e. The second-order valence-corrected chi connectivity index (χ2v) is 11.3. The van der Waals surface area contributed by atoms with E-state index in [4.69, 9.17) is 9.47 Å². The lowest BCUT2D eigenvalue weighted by Gasteiger charge is -2.33. The van der Waals surface area contributed by atoms with Gasteiger partial charge in [-0.1, -0.05) is 0 Å². The molecule has 3 rings (SSSR count). The summed E-state index contributed by atoms with van der Waals surface area (Å²) in [5.41, 5.74) is 0.285. The minimum atomic E-state index is -3.22. The fraction of sp³-hybridized carbons (Fsp3) is 0.714. The number of aromatic nitrogens is 1. The zero-order valence-electron chi connectivity index (χ0n) is 17.8. The molecule has 0 bridgehead atoms. The topological polar surface area (TPSA) is 85.8 Å². The first-order chi connectivity index (χ1) is 13.5. The molecule has 0 aromatic carbocycles. The average Bonchev–Trinajstić information content (AvgIpc) is 3.40. The lowest BCUT2D eigenvalue weighted by Crippen LogP contribution is -2.42. The minimum absolute atomic E-state index is 0.207. The van der Waals surface area contributed by atoms with E-state index in [-0.39, 0.29) is 11.0 Å². The number of rotatable bonds is 6. The number of hydrogen-bond acceptors (Lipinski definition) is 6. The van der Waals surface area contributed by atoms with E-state index in [2.05, 4.69) is 4.98 Å². The summed E-state index contributed by atoms with van der Waals surface area (Å²) >= 11 is 0. The molecule has 1 aromatic rings. The molecule has 162 valence electrons. The number of carbonyl (C=O) groups excluding carboxylic acids is 1. The number of likely N-dealkylation sites (tertiary alicyclic amines) is 1. The van der Waals surface area contributed by atoms with Crippen molar-refractivity contribution >= 4 is 15.9 Å². The second kappa shape index (κ2) is 8.60. The van der Waals surface area contributed by atoms with Crippen LogP contribution in [0.25, 0.3) is 0 Å². The van der Waals surface area contributed by atoms with Crippen molar-refractivity contribution in [1.29, 1.82) is 0 Å². The van der Waals surface area contributed by atoms with Crippen LogP contribution >= 0.6 is 0 Å². The first kappa shape index (κ1) is 22.0. The highest BCUT2D eigenvalue weighted by atomic mass is 32.2. The van der Waals surface area contributed by atoms with Gasteiger partial charge in [0.1, 0.15) is 5.60 Å². The number of nitrogens with zero attached hydrogens (tertiary/aromatic N) is 2. The molecule has 0 spiro atoms. The van der Waals surface area contributed by atoms with Crippen molar-refractivity contribution in [3.05, 3.63) is 24.0 Å². The van der Waals surface area contributed by atoms with E-state index in [9.17, 15) is 13.2 Å². The molecule has 8 heteroatoms. The number of amides is 1. The summed E-state index contributed by atoms with van der Waals surface area (Å²) < 4.78 is 34.2. The van der Waals surface area contributed by atoms with Crippen LogP contribution in [-0.2, 0) is 25.9 Å². The van der Waals surface area contributed by atoms with E-state index in [0.29, 0.717) is 31.0 Å². The van der Waals surface area contributed by atoms with Gasteiger partial charge < -0.3 is 14.4 Å². The van der Waals surface area contributed by atoms with Gasteiger partial charge in [-0.05, 0) is 69.9 Å². The van der Waals surface area contributed by atoms with Crippen LogP contribution < -0.4 is 0 Å². The Morgan fingerprint density at radius 1 is 1.24 bits per heavy atom. The highest BCUT2D eigenvalue weighted by molar-refractivity contribution is 7.90. The van der Waals surface area contributed by atoms with Crippen molar-refractivity contribution in [2.24, 2.45) is 17.8 Å². The predicted molar refractivity (Wildman–Crippen MR) is 109 cm³/mol. The lowest BCUT2D eigenvalue weighted by molar-refractivity contribution is 0.0170. The van der Waals surface area contributed by atoms with Crippen LogP contribution in [0.4, 0.5) is 4.79 Å². The third kappa shape index (κ3) is 6.40. The standard InChI is InChI=1S/C21H32N2O5S/c1-21(2,3)28-20(24)23-9-7-15(8-10-23)19-11-16(19)13-27-14-17-5-6-18(12-22-17)29(4,25)26/h5-6,12,15-16,19H,7-11,13-14H2,1-4H3/t16-,19-/m1/s1. The molecular weight excluding hydrogens is 392 g/mol. The number of pyridine rings is 1. The Labute approximate surface area is 173 Å². The molecule has 7 nitrogen and oxygen atoms in total. The van der Waals surface area contributed by atoms with E-state index in [1.165, 1.54) is 18.9 Å². The summed E-state index contributed by atoms with van der Waals surface area (Å²) in [6, 6.07) is 3.27. The van der Waals surface area contributed by atoms with Crippen molar-refractivity contribution in [2.75, 3.05) is 26.0 Å². The van der Waals surface area contributed by atoms with Gasteiger partial charge >= 0.3 is 6.09 Å². The van der Waals surface area contributed by atoms with Crippen LogP contribution in [0, 0.1) is 17.8 Å². The largest absolute Gasteiger partial charge is 0.444 e. The molecule has 1 saturated heterocycles. The fourth-order valence-corrected chi connectivity index (χ4v) is 4.47. The van der Waals surface area contributed by atoms with Gasteiger partial charge in [-0.3, -0.25) is 4.98 Å². The number of piperidine rings is 1. The van der Waals surface area contributed by atoms with Gasteiger partial charge in [0.15, 0.2) is 9.84 Å². The van der Waals surface area contributed by atoms with E-state index < -0.39 is 15.4 Å². The van der Waals surface area contributed by atoms with E-state index in [0.717, 1.165) is 31.6 Å². The van der Waals surface area contributed by atoms with E-state index >= 15 is 0 Å². The number of ether oxygens (including phenoxy) is 2. The molecule has 2 heterocycles. The molecule has 1 aliphatic carbocycles.